The molecule has 0 heterocycles. The summed E-state index contributed by atoms with van der Waals surface area (Å²) in [5, 5.41) is 2.84. The number of amides is 1. The first-order valence-corrected chi connectivity index (χ1v) is 8.84. The number of likely N-dealkylation sites (N-methyl/N-ethyl adjacent to an activating group) is 1. The van der Waals surface area contributed by atoms with Crippen LogP contribution in [0.2, 0.25) is 0 Å². The second kappa shape index (κ2) is 9.28. The molecule has 0 bridgehead atoms. The highest BCUT2D eigenvalue weighted by Gasteiger charge is 2.21. The van der Waals surface area contributed by atoms with E-state index in [1.54, 1.807) is 43.3 Å². The van der Waals surface area contributed by atoms with Gasteiger partial charge in [-0.25, -0.2) is 4.39 Å². The van der Waals surface area contributed by atoms with Gasteiger partial charge in [0.2, 0.25) is 5.91 Å². The Hall–Kier alpha value is -2.73. The lowest BCUT2D eigenvalue weighted by Crippen LogP contribution is -2.41. The van der Waals surface area contributed by atoms with E-state index in [9.17, 15) is 14.0 Å². The number of rotatable bonds is 8. The van der Waals surface area contributed by atoms with Crippen LogP contribution in [0.15, 0.2) is 42.5 Å². The number of hydrogen-bond donors (Lipinski definition) is 1. The third-order valence-electron chi connectivity index (χ3n) is 4.47. The molecule has 1 amide bonds. The van der Waals surface area contributed by atoms with Gasteiger partial charge in [-0.3, -0.25) is 14.5 Å². The van der Waals surface area contributed by atoms with E-state index >= 15 is 0 Å². The molecule has 0 saturated heterocycles. The fraction of sp³-hybridized carbons (Fsp3) is 0.333. The SMILES string of the molecule is CCN(Cc1ccc(OC)c(F)c1)C(C)C(=O)Nc1cccc(C(C)=O)c1. The largest absolute Gasteiger partial charge is 0.494 e. The molecule has 0 aliphatic rings. The Morgan fingerprint density at radius 2 is 1.96 bits per heavy atom. The molecule has 1 unspecified atom stereocenters. The molecule has 1 atom stereocenters. The minimum Gasteiger partial charge on any atom is -0.494 e. The van der Waals surface area contributed by atoms with Crippen LogP contribution in [0.25, 0.3) is 0 Å². The summed E-state index contributed by atoms with van der Waals surface area (Å²) in [6.45, 7) is 6.28. The lowest BCUT2D eigenvalue weighted by Gasteiger charge is -2.27. The number of nitrogens with one attached hydrogen (secondary N) is 1. The number of carbonyl (C=O) groups excluding carboxylic acids is 2. The van der Waals surface area contributed by atoms with Crippen LogP contribution in [0.5, 0.6) is 5.75 Å². The molecule has 2 rings (SSSR count). The summed E-state index contributed by atoms with van der Waals surface area (Å²) in [6, 6.07) is 11.2. The number of anilines is 1. The number of Topliss-reactive ketones (excluding diaryl/α,β-unsaturated/α-hetero) is 1. The van der Waals surface area contributed by atoms with Crippen molar-refractivity contribution in [3.05, 3.63) is 59.4 Å². The van der Waals surface area contributed by atoms with Crippen molar-refractivity contribution in [1.29, 1.82) is 0 Å². The van der Waals surface area contributed by atoms with Crippen molar-refractivity contribution in [2.24, 2.45) is 0 Å². The minimum atomic E-state index is -0.429. The Morgan fingerprint density at radius 1 is 1.22 bits per heavy atom. The van der Waals surface area contributed by atoms with Crippen molar-refractivity contribution in [1.82, 2.24) is 4.90 Å². The van der Waals surface area contributed by atoms with E-state index in [1.807, 2.05) is 11.8 Å². The first-order valence-electron chi connectivity index (χ1n) is 8.84. The predicted octanol–water partition coefficient (Wildman–Crippen LogP) is 3.89. The van der Waals surface area contributed by atoms with Gasteiger partial charge in [0.05, 0.1) is 13.2 Å². The van der Waals surface area contributed by atoms with Gasteiger partial charge < -0.3 is 10.1 Å². The van der Waals surface area contributed by atoms with Crippen LogP contribution < -0.4 is 10.1 Å². The molecule has 0 spiro atoms. The average molecular weight is 372 g/mol. The molecule has 0 aromatic heterocycles. The second-order valence-corrected chi connectivity index (χ2v) is 6.33. The molecule has 6 heteroatoms. The molecule has 144 valence electrons. The average Bonchev–Trinajstić information content (AvgIpc) is 2.65. The van der Waals surface area contributed by atoms with E-state index in [2.05, 4.69) is 5.32 Å². The van der Waals surface area contributed by atoms with Crippen LogP contribution in [0.3, 0.4) is 0 Å². The van der Waals surface area contributed by atoms with Crippen molar-refractivity contribution in [2.75, 3.05) is 19.0 Å². The number of benzene rings is 2. The van der Waals surface area contributed by atoms with Gasteiger partial charge in [-0.2, -0.15) is 0 Å². The zero-order chi connectivity index (χ0) is 20.0. The van der Waals surface area contributed by atoms with E-state index in [1.165, 1.54) is 20.1 Å². The van der Waals surface area contributed by atoms with Crippen LogP contribution in [-0.4, -0.2) is 36.3 Å². The van der Waals surface area contributed by atoms with Gasteiger partial charge in [-0.05, 0) is 50.2 Å². The molecule has 27 heavy (non-hydrogen) atoms. The normalized spacial score (nSPS) is 11.9. The summed E-state index contributed by atoms with van der Waals surface area (Å²) < 4.78 is 18.8. The molecule has 0 radical (unpaired) electrons. The third kappa shape index (κ3) is 5.37. The van der Waals surface area contributed by atoms with Crippen molar-refractivity contribution in [3.8, 4) is 5.75 Å². The zero-order valence-electron chi connectivity index (χ0n) is 16.1. The first-order chi connectivity index (χ1) is 12.8. The van der Waals surface area contributed by atoms with Gasteiger partial charge >= 0.3 is 0 Å². The highest BCUT2D eigenvalue weighted by molar-refractivity contribution is 5.98. The highest BCUT2D eigenvalue weighted by Crippen LogP contribution is 2.20. The van der Waals surface area contributed by atoms with Crippen LogP contribution in [0.4, 0.5) is 10.1 Å². The molecular formula is C21H25FN2O3. The summed E-state index contributed by atoms with van der Waals surface area (Å²) in [5.41, 5.74) is 1.88. The molecule has 2 aromatic carbocycles. The maximum absolute atomic E-state index is 13.9. The van der Waals surface area contributed by atoms with Crippen molar-refractivity contribution in [3.63, 3.8) is 0 Å². The van der Waals surface area contributed by atoms with Gasteiger partial charge in [0.1, 0.15) is 0 Å². The quantitative estimate of drug-likeness (QED) is 0.715. The van der Waals surface area contributed by atoms with Crippen LogP contribution in [-0.2, 0) is 11.3 Å². The van der Waals surface area contributed by atoms with E-state index in [0.717, 1.165) is 5.56 Å². The third-order valence-corrected chi connectivity index (χ3v) is 4.47. The van der Waals surface area contributed by atoms with Gasteiger partial charge in [-0.15, -0.1) is 0 Å². The fourth-order valence-electron chi connectivity index (χ4n) is 2.79. The smallest absolute Gasteiger partial charge is 0.241 e. The Morgan fingerprint density at radius 3 is 2.56 bits per heavy atom. The van der Waals surface area contributed by atoms with Crippen LogP contribution in [0.1, 0.15) is 36.7 Å². The molecule has 5 nitrogen and oxygen atoms in total. The maximum Gasteiger partial charge on any atom is 0.241 e. The number of halogens is 1. The van der Waals surface area contributed by atoms with Gasteiger partial charge in [-0.1, -0.05) is 25.1 Å². The first kappa shape index (κ1) is 20.6. The number of carbonyl (C=O) groups is 2. The second-order valence-electron chi connectivity index (χ2n) is 6.33. The van der Waals surface area contributed by atoms with Gasteiger partial charge in [0.15, 0.2) is 17.3 Å². The monoisotopic (exact) mass is 372 g/mol. The Labute approximate surface area is 159 Å². The molecule has 0 saturated carbocycles. The Balaban J connectivity index is 2.08. The van der Waals surface area contributed by atoms with E-state index < -0.39 is 11.9 Å². The van der Waals surface area contributed by atoms with Crippen molar-refractivity contribution >= 4 is 17.4 Å². The van der Waals surface area contributed by atoms with E-state index in [4.69, 9.17) is 4.74 Å². The molecular weight excluding hydrogens is 347 g/mol. The standard InChI is InChI=1S/C21H25FN2O3/c1-5-24(13-16-9-10-20(27-4)19(22)11-16)14(2)21(26)23-18-8-6-7-17(12-18)15(3)25/h6-12,14H,5,13H2,1-4H3,(H,23,26). The molecule has 0 fully saturated rings. The molecule has 1 N–H and O–H groups in total. The van der Waals surface area contributed by atoms with Gasteiger partial charge in [0, 0.05) is 17.8 Å². The number of nitrogens with zero attached hydrogens (tertiary/aromatic N) is 1. The molecule has 0 aliphatic carbocycles. The van der Waals surface area contributed by atoms with Crippen LogP contribution in [0, 0.1) is 5.82 Å². The van der Waals surface area contributed by atoms with Crippen molar-refractivity contribution in [2.45, 2.75) is 33.4 Å². The summed E-state index contributed by atoms with van der Waals surface area (Å²) in [5.74, 6) is -0.482. The summed E-state index contributed by atoms with van der Waals surface area (Å²) in [4.78, 5) is 26.0. The highest BCUT2D eigenvalue weighted by atomic mass is 19.1. The Bertz CT molecular complexity index is 823. The fourth-order valence-corrected chi connectivity index (χ4v) is 2.79. The number of ketones is 1. The topological polar surface area (TPSA) is 58.6 Å². The number of hydrogen-bond acceptors (Lipinski definition) is 4. The lowest BCUT2D eigenvalue weighted by molar-refractivity contribution is -0.120. The summed E-state index contributed by atoms with van der Waals surface area (Å²) in [7, 11) is 1.42. The maximum atomic E-state index is 13.9. The van der Waals surface area contributed by atoms with Gasteiger partial charge in [0.25, 0.3) is 0 Å². The lowest BCUT2D eigenvalue weighted by atomic mass is 10.1. The van der Waals surface area contributed by atoms with E-state index in [0.29, 0.717) is 24.3 Å². The number of ether oxygens (including phenoxy) is 1. The predicted molar refractivity (Wildman–Crippen MR) is 104 cm³/mol. The molecule has 2 aromatic rings. The number of methoxy groups -OCH3 is 1. The Kier molecular flexibility index (Phi) is 7.07. The molecule has 0 aliphatic heterocycles. The summed E-state index contributed by atoms with van der Waals surface area (Å²) in [6.07, 6.45) is 0. The van der Waals surface area contributed by atoms with E-state index in [-0.39, 0.29) is 17.4 Å². The van der Waals surface area contributed by atoms with Crippen molar-refractivity contribution < 1.29 is 18.7 Å². The summed E-state index contributed by atoms with van der Waals surface area (Å²) >= 11 is 0. The minimum absolute atomic E-state index is 0.0594. The van der Waals surface area contributed by atoms with Crippen LogP contribution >= 0.6 is 0 Å². The zero-order valence-corrected chi connectivity index (χ0v) is 16.1.